The average molecular weight is 375 g/mol. The minimum absolute atomic E-state index is 0.0281. The van der Waals surface area contributed by atoms with Crippen molar-refractivity contribution in [3.63, 3.8) is 0 Å². The van der Waals surface area contributed by atoms with Crippen molar-refractivity contribution < 1.29 is 14.3 Å². The van der Waals surface area contributed by atoms with Crippen LogP contribution < -0.4 is 10.6 Å². The zero-order valence-electron chi connectivity index (χ0n) is 17.1. The van der Waals surface area contributed by atoms with E-state index in [1.807, 2.05) is 12.1 Å². The minimum Gasteiger partial charge on any atom is -0.376 e. The highest BCUT2D eigenvalue weighted by Crippen LogP contribution is 2.26. The average Bonchev–Trinajstić information content (AvgIpc) is 2.64. The van der Waals surface area contributed by atoms with Crippen molar-refractivity contribution in [2.24, 2.45) is 5.92 Å². The van der Waals surface area contributed by atoms with Crippen LogP contribution in [0.2, 0.25) is 0 Å². The van der Waals surface area contributed by atoms with Gasteiger partial charge in [-0.25, -0.2) is 0 Å². The normalized spacial score (nSPS) is 20.1. The molecule has 0 radical (unpaired) electrons. The van der Waals surface area contributed by atoms with Crippen LogP contribution in [0, 0.1) is 5.92 Å². The summed E-state index contributed by atoms with van der Waals surface area (Å²) >= 11 is 0. The van der Waals surface area contributed by atoms with E-state index >= 15 is 0 Å². The first-order valence-electron chi connectivity index (χ1n) is 10.0. The van der Waals surface area contributed by atoms with Crippen molar-refractivity contribution in [3.8, 4) is 0 Å². The number of hydrogen-bond donors (Lipinski definition) is 2. The highest BCUT2D eigenvalue weighted by molar-refractivity contribution is 5.96. The van der Waals surface area contributed by atoms with Crippen molar-refractivity contribution in [3.05, 3.63) is 35.4 Å². The zero-order chi connectivity index (χ0) is 19.9. The monoisotopic (exact) mass is 374 g/mol. The van der Waals surface area contributed by atoms with E-state index in [2.05, 4.69) is 38.3 Å². The molecule has 1 aliphatic carbocycles. The van der Waals surface area contributed by atoms with Gasteiger partial charge < -0.3 is 15.4 Å². The largest absolute Gasteiger partial charge is 0.376 e. The quantitative estimate of drug-likeness (QED) is 0.719. The van der Waals surface area contributed by atoms with Gasteiger partial charge in [0.05, 0.1) is 19.3 Å². The minimum atomic E-state index is -0.238. The molecule has 27 heavy (non-hydrogen) atoms. The Morgan fingerprint density at radius 1 is 1.07 bits per heavy atom. The van der Waals surface area contributed by atoms with Crippen molar-refractivity contribution in [2.75, 3.05) is 19.7 Å². The van der Waals surface area contributed by atoms with Gasteiger partial charge in [0.2, 0.25) is 5.91 Å². The molecular formula is C22H34N2O3. The number of rotatable bonds is 7. The molecule has 2 atom stereocenters. The Hall–Kier alpha value is -1.88. The summed E-state index contributed by atoms with van der Waals surface area (Å²) in [6.45, 7) is 9.58. The van der Waals surface area contributed by atoms with E-state index in [9.17, 15) is 9.59 Å². The Balaban J connectivity index is 1.65. The molecule has 0 aromatic heterocycles. The highest BCUT2D eigenvalue weighted by atomic mass is 16.5. The number of amides is 2. The number of ether oxygens (including phenoxy) is 1. The Morgan fingerprint density at radius 2 is 1.74 bits per heavy atom. The molecule has 0 spiro atoms. The second-order valence-electron chi connectivity index (χ2n) is 8.53. The molecule has 5 heteroatoms. The lowest BCUT2D eigenvalue weighted by Gasteiger charge is -2.28. The molecule has 1 aromatic rings. The van der Waals surface area contributed by atoms with Gasteiger partial charge in [-0.05, 0) is 41.9 Å². The molecule has 1 fully saturated rings. The Bertz CT molecular complexity index is 619. The molecule has 0 bridgehead atoms. The smallest absolute Gasteiger partial charge is 0.251 e. The molecule has 0 heterocycles. The first-order valence-corrected chi connectivity index (χ1v) is 10.0. The van der Waals surface area contributed by atoms with Crippen LogP contribution in [-0.2, 0) is 14.9 Å². The van der Waals surface area contributed by atoms with Gasteiger partial charge in [-0.3, -0.25) is 9.59 Å². The van der Waals surface area contributed by atoms with Gasteiger partial charge in [0, 0.05) is 12.1 Å². The van der Waals surface area contributed by atoms with Gasteiger partial charge in [0.1, 0.15) is 0 Å². The van der Waals surface area contributed by atoms with Crippen molar-refractivity contribution in [2.45, 2.75) is 64.9 Å². The van der Waals surface area contributed by atoms with Gasteiger partial charge in [-0.2, -0.15) is 0 Å². The van der Waals surface area contributed by atoms with Crippen LogP contribution in [0.5, 0.6) is 0 Å². The van der Waals surface area contributed by atoms with E-state index in [4.69, 9.17) is 4.74 Å². The first-order chi connectivity index (χ1) is 12.8. The maximum atomic E-state index is 12.2. The molecule has 2 rings (SSSR count). The summed E-state index contributed by atoms with van der Waals surface area (Å²) in [5.41, 5.74) is 1.78. The Labute approximate surface area is 163 Å². The summed E-state index contributed by atoms with van der Waals surface area (Å²) in [4.78, 5) is 24.1. The number of carbonyl (C=O) groups excluding carboxylic acids is 2. The van der Waals surface area contributed by atoms with E-state index in [1.165, 1.54) is 24.8 Å². The molecule has 2 amide bonds. The summed E-state index contributed by atoms with van der Waals surface area (Å²) in [5, 5.41) is 5.46. The molecule has 1 aliphatic rings. The fourth-order valence-corrected chi connectivity index (χ4v) is 3.38. The number of hydrogen-bond acceptors (Lipinski definition) is 3. The lowest BCUT2D eigenvalue weighted by atomic mass is 9.87. The van der Waals surface area contributed by atoms with Crippen LogP contribution in [-0.4, -0.2) is 37.6 Å². The fourth-order valence-electron chi connectivity index (χ4n) is 3.38. The van der Waals surface area contributed by atoms with Crippen LogP contribution in [0.1, 0.15) is 69.3 Å². The maximum Gasteiger partial charge on any atom is 0.251 e. The predicted octanol–water partition coefficient (Wildman–Crippen LogP) is 3.43. The number of carbonyl (C=O) groups is 2. The van der Waals surface area contributed by atoms with E-state index in [-0.39, 0.29) is 23.8 Å². The lowest BCUT2D eigenvalue weighted by Crippen LogP contribution is -2.39. The molecule has 5 nitrogen and oxygen atoms in total. The summed E-state index contributed by atoms with van der Waals surface area (Å²) in [6.07, 6.45) is 5.16. The van der Waals surface area contributed by atoms with Crippen molar-refractivity contribution in [1.82, 2.24) is 10.6 Å². The predicted molar refractivity (Wildman–Crippen MR) is 108 cm³/mol. The molecule has 1 saturated carbocycles. The number of benzene rings is 1. The standard InChI is InChI=1S/C22H34N2O3/c1-16-7-5-6-8-19(16)27-14-13-23-20(25)15-24-21(26)17-9-11-18(12-10-17)22(2,3)4/h9-12,16,19H,5-8,13-15H2,1-4H3,(H,23,25)(H,24,26). The lowest BCUT2D eigenvalue weighted by molar-refractivity contribution is -0.120. The summed E-state index contributed by atoms with van der Waals surface area (Å²) in [5.74, 6) is 0.159. The van der Waals surface area contributed by atoms with Crippen molar-refractivity contribution in [1.29, 1.82) is 0 Å². The van der Waals surface area contributed by atoms with E-state index in [0.29, 0.717) is 30.7 Å². The third-order valence-corrected chi connectivity index (χ3v) is 5.21. The third kappa shape index (κ3) is 6.98. The highest BCUT2D eigenvalue weighted by Gasteiger charge is 2.21. The van der Waals surface area contributed by atoms with Crippen molar-refractivity contribution >= 4 is 11.8 Å². The molecule has 150 valence electrons. The summed E-state index contributed by atoms with van der Waals surface area (Å²) in [7, 11) is 0. The molecule has 0 aliphatic heterocycles. The number of nitrogens with one attached hydrogen (secondary N) is 2. The Morgan fingerprint density at radius 3 is 2.37 bits per heavy atom. The fraction of sp³-hybridized carbons (Fsp3) is 0.636. The van der Waals surface area contributed by atoms with Gasteiger partial charge in [-0.1, -0.05) is 52.7 Å². The van der Waals surface area contributed by atoms with Gasteiger partial charge >= 0.3 is 0 Å². The van der Waals surface area contributed by atoms with Crippen LogP contribution in [0.15, 0.2) is 24.3 Å². The van der Waals surface area contributed by atoms with Gasteiger partial charge in [0.25, 0.3) is 5.91 Å². The van der Waals surface area contributed by atoms with E-state index < -0.39 is 0 Å². The topological polar surface area (TPSA) is 67.4 Å². The van der Waals surface area contributed by atoms with E-state index in [0.717, 1.165) is 6.42 Å². The summed E-state index contributed by atoms with van der Waals surface area (Å²) in [6, 6.07) is 7.51. The summed E-state index contributed by atoms with van der Waals surface area (Å²) < 4.78 is 5.88. The van der Waals surface area contributed by atoms with Crippen LogP contribution in [0.4, 0.5) is 0 Å². The molecule has 2 unspecified atom stereocenters. The first kappa shape index (κ1) is 21.4. The second kappa shape index (κ2) is 9.88. The third-order valence-electron chi connectivity index (χ3n) is 5.21. The Kier molecular flexibility index (Phi) is 7.84. The SMILES string of the molecule is CC1CCCCC1OCCNC(=O)CNC(=O)c1ccc(C(C)(C)C)cc1. The second-order valence-corrected chi connectivity index (χ2v) is 8.53. The maximum absolute atomic E-state index is 12.2. The molecule has 0 saturated heterocycles. The van der Waals surface area contributed by atoms with Crippen LogP contribution >= 0.6 is 0 Å². The molecular weight excluding hydrogens is 340 g/mol. The van der Waals surface area contributed by atoms with E-state index in [1.54, 1.807) is 12.1 Å². The van der Waals surface area contributed by atoms with Crippen LogP contribution in [0.25, 0.3) is 0 Å². The zero-order valence-corrected chi connectivity index (χ0v) is 17.1. The molecule has 1 aromatic carbocycles. The van der Waals surface area contributed by atoms with Gasteiger partial charge in [-0.15, -0.1) is 0 Å². The molecule has 2 N–H and O–H groups in total. The van der Waals surface area contributed by atoms with Gasteiger partial charge in [0.15, 0.2) is 0 Å². The van der Waals surface area contributed by atoms with Crippen LogP contribution in [0.3, 0.4) is 0 Å².